The molecule has 19 heavy (non-hydrogen) atoms. The summed E-state index contributed by atoms with van der Waals surface area (Å²) in [5.74, 6) is 0.122. The minimum atomic E-state index is -0.392. The molecule has 2 saturated heterocycles. The number of carbonyl (C=O) groups excluding carboxylic acids is 2. The van der Waals surface area contributed by atoms with Crippen LogP contribution >= 0.6 is 0 Å². The Morgan fingerprint density at radius 1 is 1.42 bits per heavy atom. The predicted molar refractivity (Wildman–Crippen MR) is 71.5 cm³/mol. The average Bonchev–Trinajstić information content (AvgIpc) is 2.86. The van der Waals surface area contributed by atoms with Gasteiger partial charge in [0.2, 0.25) is 11.8 Å². The standard InChI is InChI=1S/C14H24N2O3/c1-4-11-13(17)15-12(9(2)3)14(18)16(11)8-10-6-5-7-19-10/h9-12H,4-8H2,1-3H3,(H,15,17). The number of carbonyl (C=O) groups is 2. The van der Waals surface area contributed by atoms with Crippen LogP contribution in [0.4, 0.5) is 0 Å². The largest absolute Gasteiger partial charge is 0.376 e. The van der Waals surface area contributed by atoms with Gasteiger partial charge in [-0.1, -0.05) is 20.8 Å². The van der Waals surface area contributed by atoms with E-state index in [-0.39, 0.29) is 29.9 Å². The first-order valence-electron chi connectivity index (χ1n) is 7.27. The van der Waals surface area contributed by atoms with Gasteiger partial charge in [0.1, 0.15) is 12.1 Å². The predicted octanol–water partition coefficient (Wildman–Crippen LogP) is 0.927. The highest BCUT2D eigenvalue weighted by Crippen LogP contribution is 2.21. The fraction of sp³-hybridized carbons (Fsp3) is 0.857. The van der Waals surface area contributed by atoms with Gasteiger partial charge in [-0.05, 0) is 25.2 Å². The molecular formula is C14H24N2O3. The van der Waals surface area contributed by atoms with Gasteiger partial charge < -0.3 is 15.0 Å². The second-order valence-electron chi connectivity index (χ2n) is 5.78. The highest BCUT2D eigenvalue weighted by atomic mass is 16.5. The number of nitrogens with zero attached hydrogens (tertiary/aromatic N) is 1. The van der Waals surface area contributed by atoms with Crippen molar-refractivity contribution in [3.8, 4) is 0 Å². The lowest BCUT2D eigenvalue weighted by Gasteiger charge is -2.40. The van der Waals surface area contributed by atoms with Gasteiger partial charge in [-0.15, -0.1) is 0 Å². The van der Waals surface area contributed by atoms with Gasteiger partial charge in [-0.25, -0.2) is 0 Å². The molecule has 0 bridgehead atoms. The molecule has 3 atom stereocenters. The summed E-state index contributed by atoms with van der Waals surface area (Å²) in [6, 6.07) is -0.733. The minimum absolute atomic E-state index is 0.0289. The smallest absolute Gasteiger partial charge is 0.246 e. The molecule has 5 heteroatoms. The second kappa shape index (κ2) is 5.90. The molecule has 2 amide bonds. The molecule has 108 valence electrons. The van der Waals surface area contributed by atoms with E-state index in [2.05, 4.69) is 5.32 Å². The number of amides is 2. The van der Waals surface area contributed by atoms with Crippen LogP contribution in [0, 0.1) is 5.92 Å². The van der Waals surface area contributed by atoms with Crippen molar-refractivity contribution in [3.05, 3.63) is 0 Å². The van der Waals surface area contributed by atoms with Crippen molar-refractivity contribution in [2.45, 2.75) is 58.2 Å². The molecule has 2 rings (SSSR count). The second-order valence-corrected chi connectivity index (χ2v) is 5.78. The van der Waals surface area contributed by atoms with Crippen molar-refractivity contribution < 1.29 is 14.3 Å². The summed E-state index contributed by atoms with van der Waals surface area (Å²) < 4.78 is 5.60. The lowest BCUT2D eigenvalue weighted by molar-refractivity contribution is -0.152. The van der Waals surface area contributed by atoms with E-state index in [0.717, 1.165) is 19.4 Å². The summed E-state index contributed by atoms with van der Waals surface area (Å²) in [5.41, 5.74) is 0. The van der Waals surface area contributed by atoms with Crippen LogP contribution in [0.25, 0.3) is 0 Å². The highest BCUT2D eigenvalue weighted by Gasteiger charge is 2.41. The van der Waals surface area contributed by atoms with Crippen LogP contribution in [-0.2, 0) is 14.3 Å². The normalized spacial score (nSPS) is 32.0. The Kier molecular flexibility index (Phi) is 4.45. The fourth-order valence-corrected chi connectivity index (χ4v) is 2.87. The van der Waals surface area contributed by atoms with E-state index in [1.54, 1.807) is 4.90 Å². The molecule has 1 N–H and O–H groups in total. The van der Waals surface area contributed by atoms with E-state index in [1.165, 1.54) is 0 Å². The lowest BCUT2D eigenvalue weighted by Crippen LogP contribution is -2.65. The third kappa shape index (κ3) is 2.91. The molecule has 0 aromatic heterocycles. The Labute approximate surface area is 114 Å². The van der Waals surface area contributed by atoms with Crippen molar-refractivity contribution >= 4 is 11.8 Å². The van der Waals surface area contributed by atoms with Crippen LogP contribution < -0.4 is 5.32 Å². The Bertz CT molecular complexity index is 351. The molecule has 0 radical (unpaired) electrons. The van der Waals surface area contributed by atoms with E-state index in [9.17, 15) is 9.59 Å². The number of rotatable bonds is 4. The first kappa shape index (κ1) is 14.3. The first-order chi connectivity index (χ1) is 9.04. The van der Waals surface area contributed by atoms with E-state index < -0.39 is 6.04 Å². The van der Waals surface area contributed by atoms with Crippen LogP contribution in [0.5, 0.6) is 0 Å². The van der Waals surface area contributed by atoms with Gasteiger partial charge in [0, 0.05) is 13.2 Å². The van der Waals surface area contributed by atoms with Crippen molar-refractivity contribution in [3.63, 3.8) is 0 Å². The zero-order valence-electron chi connectivity index (χ0n) is 12.0. The quantitative estimate of drug-likeness (QED) is 0.825. The molecule has 2 fully saturated rings. The SMILES string of the molecule is CCC1C(=O)NC(C(C)C)C(=O)N1CC1CCCO1. The molecule has 0 saturated carbocycles. The third-order valence-electron chi connectivity index (χ3n) is 4.00. The van der Waals surface area contributed by atoms with Gasteiger partial charge >= 0.3 is 0 Å². The summed E-state index contributed by atoms with van der Waals surface area (Å²) >= 11 is 0. The number of hydrogen-bond donors (Lipinski definition) is 1. The summed E-state index contributed by atoms with van der Waals surface area (Å²) in [5, 5.41) is 2.85. The number of hydrogen-bond acceptors (Lipinski definition) is 3. The van der Waals surface area contributed by atoms with Crippen molar-refractivity contribution in [2.24, 2.45) is 5.92 Å². The third-order valence-corrected chi connectivity index (χ3v) is 4.00. The summed E-state index contributed by atoms with van der Waals surface area (Å²) in [4.78, 5) is 26.4. The number of piperazine rings is 1. The van der Waals surface area contributed by atoms with Crippen LogP contribution in [-0.4, -0.2) is 48.1 Å². The molecule has 0 spiro atoms. The van der Waals surface area contributed by atoms with Crippen molar-refractivity contribution in [2.75, 3.05) is 13.2 Å². The summed E-state index contributed by atoms with van der Waals surface area (Å²) in [6.07, 6.45) is 2.77. The van der Waals surface area contributed by atoms with Gasteiger partial charge in [-0.2, -0.15) is 0 Å². The average molecular weight is 268 g/mol. The van der Waals surface area contributed by atoms with E-state index in [4.69, 9.17) is 4.74 Å². The maximum atomic E-state index is 12.5. The molecular weight excluding hydrogens is 244 g/mol. The highest BCUT2D eigenvalue weighted by molar-refractivity contribution is 5.97. The van der Waals surface area contributed by atoms with Crippen molar-refractivity contribution in [1.82, 2.24) is 10.2 Å². The molecule has 3 unspecified atom stereocenters. The molecule has 0 aliphatic carbocycles. The zero-order chi connectivity index (χ0) is 14.0. The van der Waals surface area contributed by atoms with Gasteiger partial charge in [0.15, 0.2) is 0 Å². The topological polar surface area (TPSA) is 58.6 Å². The van der Waals surface area contributed by atoms with Crippen LogP contribution in [0.15, 0.2) is 0 Å². The van der Waals surface area contributed by atoms with Gasteiger partial charge in [0.05, 0.1) is 6.10 Å². The molecule has 2 aliphatic heterocycles. The summed E-state index contributed by atoms with van der Waals surface area (Å²) in [6.45, 7) is 7.17. The lowest BCUT2D eigenvalue weighted by atomic mass is 9.96. The van der Waals surface area contributed by atoms with Gasteiger partial charge in [0.25, 0.3) is 0 Å². The van der Waals surface area contributed by atoms with E-state index >= 15 is 0 Å². The summed E-state index contributed by atoms with van der Waals surface area (Å²) in [7, 11) is 0. The minimum Gasteiger partial charge on any atom is -0.376 e. The molecule has 2 aliphatic rings. The molecule has 2 heterocycles. The van der Waals surface area contributed by atoms with E-state index in [1.807, 2.05) is 20.8 Å². The number of nitrogens with one attached hydrogen (secondary N) is 1. The Hall–Kier alpha value is -1.10. The Morgan fingerprint density at radius 2 is 2.16 bits per heavy atom. The van der Waals surface area contributed by atoms with Crippen LogP contribution in [0.1, 0.15) is 40.0 Å². The first-order valence-corrected chi connectivity index (χ1v) is 7.27. The maximum Gasteiger partial charge on any atom is 0.246 e. The van der Waals surface area contributed by atoms with Crippen LogP contribution in [0.3, 0.4) is 0 Å². The Balaban J connectivity index is 2.13. The van der Waals surface area contributed by atoms with Gasteiger partial charge in [-0.3, -0.25) is 9.59 Å². The van der Waals surface area contributed by atoms with Crippen LogP contribution in [0.2, 0.25) is 0 Å². The van der Waals surface area contributed by atoms with Crippen molar-refractivity contribution in [1.29, 1.82) is 0 Å². The number of ether oxygens (including phenoxy) is 1. The monoisotopic (exact) mass is 268 g/mol. The molecule has 5 nitrogen and oxygen atoms in total. The zero-order valence-corrected chi connectivity index (χ0v) is 12.0. The maximum absolute atomic E-state index is 12.5. The molecule has 0 aromatic rings. The Morgan fingerprint density at radius 3 is 2.68 bits per heavy atom. The molecule has 0 aromatic carbocycles. The fourth-order valence-electron chi connectivity index (χ4n) is 2.87. The van der Waals surface area contributed by atoms with E-state index in [0.29, 0.717) is 13.0 Å².